The van der Waals surface area contributed by atoms with Crippen molar-refractivity contribution in [3.8, 4) is 11.4 Å². The predicted molar refractivity (Wildman–Crippen MR) is 75.8 cm³/mol. The van der Waals surface area contributed by atoms with Crippen LogP contribution in [0.3, 0.4) is 0 Å². The molecule has 0 fully saturated rings. The molecule has 0 saturated carbocycles. The molecule has 0 unspecified atom stereocenters. The number of nitrogens with zero attached hydrogens (tertiary/aromatic N) is 3. The number of nitrogens with two attached hydrogens (primary N) is 1. The third-order valence-corrected chi connectivity index (χ3v) is 4.35. The summed E-state index contributed by atoms with van der Waals surface area (Å²) in [7, 11) is 0. The second-order valence-electron chi connectivity index (χ2n) is 3.68. The minimum absolute atomic E-state index is 0.568. The fraction of sp³-hybridized carbons (Fsp3) is 0.0833. The molecule has 0 amide bonds. The fourth-order valence-corrected chi connectivity index (χ4v) is 3.09. The van der Waals surface area contributed by atoms with Crippen molar-refractivity contribution in [2.45, 2.75) is 9.96 Å². The maximum Gasteiger partial charge on any atom is 0.237 e. The van der Waals surface area contributed by atoms with Gasteiger partial charge in [-0.1, -0.05) is 46.8 Å². The molecule has 0 saturated heterocycles. The van der Waals surface area contributed by atoms with Gasteiger partial charge in [-0.25, -0.2) is 4.98 Å². The van der Waals surface area contributed by atoms with Gasteiger partial charge in [0.1, 0.15) is 0 Å². The highest BCUT2D eigenvalue weighted by atomic mass is 32.2. The van der Waals surface area contributed by atoms with Gasteiger partial charge in [0.05, 0.1) is 16.2 Å². The number of nitrogen functional groups attached to an aromatic ring is 1. The topological polar surface area (TPSA) is 77.8 Å². The van der Waals surface area contributed by atoms with E-state index in [4.69, 9.17) is 10.3 Å². The van der Waals surface area contributed by atoms with Crippen molar-refractivity contribution < 1.29 is 4.52 Å². The number of thiazole rings is 1. The van der Waals surface area contributed by atoms with Gasteiger partial charge in [-0.05, 0) is 0 Å². The van der Waals surface area contributed by atoms with E-state index >= 15 is 0 Å². The molecule has 2 heterocycles. The first-order valence-corrected chi connectivity index (χ1v) is 7.33. The van der Waals surface area contributed by atoms with Crippen LogP contribution in [0, 0.1) is 0 Å². The molecule has 2 aromatic heterocycles. The molecule has 2 N–H and O–H groups in total. The molecular weight excluding hydrogens is 280 g/mol. The highest BCUT2D eigenvalue weighted by Gasteiger charge is 2.09. The lowest BCUT2D eigenvalue weighted by Gasteiger charge is -1.91. The summed E-state index contributed by atoms with van der Waals surface area (Å²) in [4.78, 5) is 8.35. The Bertz CT molecular complexity index is 665. The summed E-state index contributed by atoms with van der Waals surface area (Å²) in [5.74, 6) is 1.82. The average Bonchev–Trinajstić information content (AvgIpc) is 3.06. The Morgan fingerprint density at radius 1 is 1.26 bits per heavy atom. The van der Waals surface area contributed by atoms with Gasteiger partial charge in [0, 0.05) is 5.56 Å². The van der Waals surface area contributed by atoms with Crippen LogP contribution >= 0.6 is 23.1 Å². The van der Waals surface area contributed by atoms with E-state index in [1.54, 1.807) is 18.0 Å². The largest absolute Gasteiger partial charge is 0.375 e. The average molecular weight is 290 g/mol. The van der Waals surface area contributed by atoms with Crippen molar-refractivity contribution in [3.63, 3.8) is 0 Å². The summed E-state index contributed by atoms with van der Waals surface area (Å²) >= 11 is 3.03. The molecule has 0 aliphatic heterocycles. The number of aromatic nitrogens is 3. The number of anilines is 1. The number of thioether (sulfide) groups is 1. The zero-order valence-electron chi connectivity index (χ0n) is 9.81. The summed E-state index contributed by atoms with van der Waals surface area (Å²) in [5, 5.41) is 4.54. The van der Waals surface area contributed by atoms with Crippen molar-refractivity contribution >= 4 is 28.2 Å². The predicted octanol–water partition coefficient (Wildman–Crippen LogP) is 3.07. The number of rotatable bonds is 4. The van der Waals surface area contributed by atoms with E-state index in [9.17, 15) is 0 Å². The second-order valence-corrected chi connectivity index (χ2v) is 6.02. The SMILES string of the molecule is Nc1ncc(SCc2nc(-c3ccccc3)no2)s1. The molecule has 3 aromatic rings. The number of hydrogen-bond acceptors (Lipinski definition) is 7. The van der Waals surface area contributed by atoms with Crippen LogP contribution in [0.4, 0.5) is 5.13 Å². The molecule has 96 valence electrons. The third-order valence-electron chi connectivity index (χ3n) is 2.34. The monoisotopic (exact) mass is 290 g/mol. The first-order chi connectivity index (χ1) is 9.31. The number of hydrogen-bond donors (Lipinski definition) is 1. The van der Waals surface area contributed by atoms with Crippen LogP contribution in [0.5, 0.6) is 0 Å². The van der Waals surface area contributed by atoms with Gasteiger partial charge < -0.3 is 10.3 Å². The molecule has 19 heavy (non-hydrogen) atoms. The zero-order valence-corrected chi connectivity index (χ0v) is 11.4. The van der Waals surface area contributed by atoms with Crippen molar-refractivity contribution in [3.05, 3.63) is 42.4 Å². The zero-order chi connectivity index (χ0) is 13.1. The van der Waals surface area contributed by atoms with E-state index in [1.807, 2.05) is 30.3 Å². The van der Waals surface area contributed by atoms with E-state index in [2.05, 4.69) is 15.1 Å². The fourth-order valence-electron chi connectivity index (χ4n) is 1.49. The lowest BCUT2D eigenvalue weighted by molar-refractivity contribution is 0.391. The van der Waals surface area contributed by atoms with E-state index < -0.39 is 0 Å². The van der Waals surface area contributed by atoms with Crippen LogP contribution in [0.25, 0.3) is 11.4 Å². The van der Waals surface area contributed by atoms with Crippen LogP contribution in [-0.4, -0.2) is 15.1 Å². The molecule has 3 rings (SSSR count). The van der Waals surface area contributed by atoms with Crippen molar-refractivity contribution in [2.24, 2.45) is 0 Å². The molecule has 0 atom stereocenters. The molecule has 0 bridgehead atoms. The molecule has 0 aliphatic carbocycles. The van der Waals surface area contributed by atoms with Crippen molar-refractivity contribution in [1.82, 2.24) is 15.1 Å². The van der Waals surface area contributed by atoms with Crippen LogP contribution in [0.2, 0.25) is 0 Å². The van der Waals surface area contributed by atoms with E-state index in [0.29, 0.717) is 22.6 Å². The minimum Gasteiger partial charge on any atom is -0.375 e. The van der Waals surface area contributed by atoms with Gasteiger partial charge in [0.25, 0.3) is 0 Å². The Morgan fingerprint density at radius 3 is 2.84 bits per heavy atom. The van der Waals surface area contributed by atoms with Crippen LogP contribution in [0.15, 0.2) is 45.3 Å². The molecule has 7 heteroatoms. The third kappa shape index (κ3) is 2.94. The van der Waals surface area contributed by atoms with Gasteiger partial charge in [-0.3, -0.25) is 0 Å². The maximum absolute atomic E-state index is 5.57. The lowest BCUT2D eigenvalue weighted by Crippen LogP contribution is -1.81. The molecule has 0 spiro atoms. The first-order valence-electron chi connectivity index (χ1n) is 5.53. The van der Waals surface area contributed by atoms with Crippen molar-refractivity contribution in [1.29, 1.82) is 0 Å². The summed E-state index contributed by atoms with van der Waals surface area (Å²) < 4.78 is 6.26. The maximum atomic E-state index is 5.57. The Kier molecular flexibility index (Phi) is 3.47. The Balaban J connectivity index is 1.68. The van der Waals surface area contributed by atoms with Gasteiger partial charge in [-0.2, -0.15) is 4.98 Å². The van der Waals surface area contributed by atoms with E-state index in [0.717, 1.165) is 9.77 Å². The summed E-state index contributed by atoms with van der Waals surface area (Å²) in [6, 6.07) is 9.74. The Labute approximate surface area is 117 Å². The lowest BCUT2D eigenvalue weighted by atomic mass is 10.2. The summed E-state index contributed by atoms with van der Waals surface area (Å²) in [6.07, 6.45) is 1.75. The molecule has 0 aliphatic rings. The quantitative estimate of drug-likeness (QED) is 0.744. The van der Waals surface area contributed by atoms with Gasteiger partial charge >= 0.3 is 0 Å². The highest BCUT2D eigenvalue weighted by molar-refractivity contribution is 8.00. The van der Waals surface area contributed by atoms with Gasteiger partial charge in [0.2, 0.25) is 11.7 Å². The highest BCUT2D eigenvalue weighted by Crippen LogP contribution is 2.29. The van der Waals surface area contributed by atoms with Gasteiger partial charge in [0.15, 0.2) is 5.13 Å². The molecular formula is C12H10N4OS2. The molecule has 1 aromatic carbocycles. The standard InChI is InChI=1S/C12H10N4OS2/c13-12-14-6-10(19-12)18-7-9-15-11(16-17-9)8-4-2-1-3-5-8/h1-6H,7H2,(H2,13,14). The van der Waals surface area contributed by atoms with Gasteiger partial charge in [-0.15, -0.1) is 11.8 Å². The smallest absolute Gasteiger partial charge is 0.237 e. The Hall–Kier alpha value is -1.86. The van der Waals surface area contributed by atoms with E-state index in [-0.39, 0.29) is 0 Å². The van der Waals surface area contributed by atoms with Crippen LogP contribution < -0.4 is 5.73 Å². The summed E-state index contributed by atoms with van der Waals surface area (Å²) in [6.45, 7) is 0. The number of benzene rings is 1. The van der Waals surface area contributed by atoms with Crippen LogP contribution in [0.1, 0.15) is 5.89 Å². The minimum atomic E-state index is 0.568. The summed E-state index contributed by atoms with van der Waals surface area (Å²) in [5.41, 5.74) is 6.52. The first kappa shape index (κ1) is 12.2. The van der Waals surface area contributed by atoms with E-state index in [1.165, 1.54) is 11.3 Å². The second kappa shape index (κ2) is 5.41. The molecule has 0 radical (unpaired) electrons. The normalized spacial score (nSPS) is 10.7. The van der Waals surface area contributed by atoms with Crippen molar-refractivity contribution in [2.75, 3.05) is 5.73 Å². The Morgan fingerprint density at radius 2 is 2.11 bits per heavy atom. The van der Waals surface area contributed by atoms with Crippen LogP contribution in [-0.2, 0) is 5.75 Å². The molecule has 5 nitrogen and oxygen atoms in total.